The Morgan fingerprint density at radius 2 is 1.90 bits per heavy atom. The van der Waals surface area contributed by atoms with Crippen molar-refractivity contribution >= 4 is 17.6 Å². The highest BCUT2D eigenvalue weighted by Gasteiger charge is 2.49. The van der Waals surface area contributed by atoms with Crippen molar-refractivity contribution in [2.75, 3.05) is 24.7 Å². The van der Waals surface area contributed by atoms with Gasteiger partial charge in [0, 0.05) is 6.54 Å². The molecule has 0 spiro atoms. The Morgan fingerprint density at radius 1 is 1.19 bits per heavy atom. The summed E-state index contributed by atoms with van der Waals surface area (Å²) >= 11 is 0. The van der Waals surface area contributed by atoms with E-state index in [0.717, 1.165) is 12.0 Å². The maximum absolute atomic E-state index is 12.7. The molecular weight excluding hydrogens is 268 g/mol. The lowest BCUT2D eigenvalue weighted by Crippen LogP contribution is -2.61. The zero-order valence-electron chi connectivity index (χ0n) is 12.4. The van der Waals surface area contributed by atoms with Gasteiger partial charge in [-0.1, -0.05) is 24.6 Å². The average Bonchev–Trinajstić information content (AvgIpc) is 2.95. The van der Waals surface area contributed by atoms with Gasteiger partial charge < -0.3 is 9.64 Å². The van der Waals surface area contributed by atoms with Gasteiger partial charge in [0.2, 0.25) is 5.91 Å². The van der Waals surface area contributed by atoms with Crippen molar-refractivity contribution in [2.45, 2.75) is 26.3 Å². The molecule has 112 valence electrons. The number of imide groups is 1. The molecule has 0 saturated carbocycles. The van der Waals surface area contributed by atoms with Gasteiger partial charge in [-0.2, -0.15) is 0 Å². The van der Waals surface area contributed by atoms with E-state index in [4.69, 9.17) is 4.74 Å². The molecule has 0 radical (unpaired) electrons. The molecule has 0 aromatic heterocycles. The van der Waals surface area contributed by atoms with Gasteiger partial charge in [-0.15, -0.1) is 0 Å². The van der Waals surface area contributed by atoms with Crippen molar-refractivity contribution in [2.24, 2.45) is 5.92 Å². The molecule has 2 aliphatic heterocycles. The number of amides is 3. The summed E-state index contributed by atoms with van der Waals surface area (Å²) in [6.07, 6.45) is 0.866. The highest BCUT2D eigenvalue weighted by atomic mass is 16.5. The molecule has 0 N–H and O–H groups in total. The van der Waals surface area contributed by atoms with Crippen LogP contribution in [-0.4, -0.2) is 42.6 Å². The van der Waals surface area contributed by atoms with Crippen molar-refractivity contribution < 1.29 is 14.3 Å². The molecule has 2 unspecified atom stereocenters. The van der Waals surface area contributed by atoms with E-state index in [-0.39, 0.29) is 23.9 Å². The van der Waals surface area contributed by atoms with Gasteiger partial charge in [-0.05, 0) is 25.5 Å². The molecule has 0 bridgehead atoms. The first-order chi connectivity index (χ1) is 10.1. The van der Waals surface area contributed by atoms with Crippen molar-refractivity contribution in [1.29, 1.82) is 0 Å². The third kappa shape index (κ3) is 2.31. The van der Waals surface area contributed by atoms with Crippen LogP contribution in [0.25, 0.3) is 0 Å². The Labute approximate surface area is 124 Å². The number of hydrogen-bond donors (Lipinski definition) is 0. The maximum atomic E-state index is 12.7. The Bertz CT molecular complexity index is 555. The third-order valence-electron chi connectivity index (χ3n) is 4.18. The standard InChI is InChI=1S/C16H20N2O3/c1-3-8-17-14-10-21-9-13(14)15(19)18(16(17)20)12-6-4-11(2)5-7-12/h4-7,13-14H,3,8-10H2,1-2H3. The van der Waals surface area contributed by atoms with Crippen molar-refractivity contribution in [3.05, 3.63) is 29.8 Å². The van der Waals surface area contributed by atoms with E-state index in [0.29, 0.717) is 25.4 Å². The smallest absolute Gasteiger partial charge is 0.331 e. The van der Waals surface area contributed by atoms with Gasteiger partial charge >= 0.3 is 6.03 Å². The molecule has 1 aromatic carbocycles. The number of hydrogen-bond acceptors (Lipinski definition) is 3. The van der Waals surface area contributed by atoms with E-state index in [9.17, 15) is 9.59 Å². The molecule has 1 aromatic rings. The van der Waals surface area contributed by atoms with Crippen LogP contribution in [0.3, 0.4) is 0 Å². The highest BCUT2D eigenvalue weighted by molar-refractivity contribution is 6.17. The second-order valence-corrected chi connectivity index (χ2v) is 5.70. The van der Waals surface area contributed by atoms with Crippen LogP contribution in [0.5, 0.6) is 0 Å². The minimum absolute atomic E-state index is 0.105. The zero-order valence-corrected chi connectivity index (χ0v) is 12.4. The van der Waals surface area contributed by atoms with Crippen LogP contribution in [0.15, 0.2) is 24.3 Å². The number of nitrogens with zero attached hydrogens (tertiary/aromatic N) is 2. The minimum atomic E-state index is -0.240. The van der Waals surface area contributed by atoms with Crippen molar-refractivity contribution in [1.82, 2.24) is 4.90 Å². The van der Waals surface area contributed by atoms with Crippen LogP contribution in [-0.2, 0) is 9.53 Å². The molecule has 2 fully saturated rings. The number of carbonyl (C=O) groups excluding carboxylic acids is 2. The summed E-state index contributed by atoms with van der Waals surface area (Å²) in [5, 5.41) is 0. The third-order valence-corrected chi connectivity index (χ3v) is 4.18. The molecule has 21 heavy (non-hydrogen) atoms. The van der Waals surface area contributed by atoms with E-state index < -0.39 is 0 Å². The second kappa shape index (κ2) is 5.48. The van der Waals surface area contributed by atoms with Gasteiger partial charge in [-0.3, -0.25) is 4.79 Å². The summed E-state index contributed by atoms with van der Waals surface area (Å²) in [4.78, 5) is 28.5. The quantitative estimate of drug-likeness (QED) is 0.856. The second-order valence-electron chi connectivity index (χ2n) is 5.70. The fourth-order valence-corrected chi connectivity index (χ4v) is 3.05. The molecule has 2 saturated heterocycles. The topological polar surface area (TPSA) is 49.9 Å². The van der Waals surface area contributed by atoms with E-state index in [2.05, 4.69) is 0 Å². The molecule has 2 atom stereocenters. The first-order valence-electron chi connectivity index (χ1n) is 7.42. The summed E-state index contributed by atoms with van der Waals surface area (Å²) in [5.74, 6) is -0.380. The number of benzene rings is 1. The summed E-state index contributed by atoms with van der Waals surface area (Å²) in [6.45, 7) is 5.53. The molecule has 5 heteroatoms. The van der Waals surface area contributed by atoms with Gasteiger partial charge in [0.25, 0.3) is 0 Å². The lowest BCUT2D eigenvalue weighted by Gasteiger charge is -2.41. The van der Waals surface area contributed by atoms with E-state index in [1.54, 1.807) is 4.90 Å². The maximum Gasteiger partial charge on any atom is 0.331 e. The Hall–Kier alpha value is -1.88. The predicted octanol–water partition coefficient (Wildman–Crippen LogP) is 2.19. The normalized spacial score (nSPS) is 25.4. The minimum Gasteiger partial charge on any atom is -0.378 e. The summed E-state index contributed by atoms with van der Waals surface area (Å²) < 4.78 is 5.45. The summed E-state index contributed by atoms with van der Waals surface area (Å²) in [5.41, 5.74) is 1.74. The van der Waals surface area contributed by atoms with Crippen LogP contribution in [0.4, 0.5) is 10.5 Å². The van der Waals surface area contributed by atoms with Crippen LogP contribution in [0.2, 0.25) is 0 Å². The van der Waals surface area contributed by atoms with E-state index in [1.165, 1.54) is 4.90 Å². The number of urea groups is 1. The van der Waals surface area contributed by atoms with Crippen molar-refractivity contribution in [3.63, 3.8) is 0 Å². The van der Waals surface area contributed by atoms with Gasteiger partial charge in [-0.25, -0.2) is 9.69 Å². The first kappa shape index (κ1) is 14.1. The van der Waals surface area contributed by atoms with Crippen LogP contribution in [0, 0.1) is 12.8 Å². The van der Waals surface area contributed by atoms with Crippen molar-refractivity contribution in [3.8, 4) is 0 Å². The number of aryl methyl sites for hydroxylation is 1. The van der Waals surface area contributed by atoms with Crippen LogP contribution in [0.1, 0.15) is 18.9 Å². The average molecular weight is 288 g/mol. The van der Waals surface area contributed by atoms with Crippen LogP contribution < -0.4 is 4.90 Å². The molecule has 2 heterocycles. The van der Waals surface area contributed by atoms with E-state index >= 15 is 0 Å². The molecular formula is C16H20N2O3. The SMILES string of the molecule is CCCN1C(=O)N(c2ccc(C)cc2)C(=O)C2COCC21. The predicted molar refractivity (Wildman–Crippen MR) is 79.2 cm³/mol. The van der Waals surface area contributed by atoms with Gasteiger partial charge in [0.15, 0.2) is 0 Å². The number of anilines is 1. The molecule has 3 rings (SSSR count). The molecule has 2 aliphatic rings. The fourth-order valence-electron chi connectivity index (χ4n) is 3.05. The number of carbonyl (C=O) groups is 2. The lowest BCUT2D eigenvalue weighted by atomic mass is 9.97. The Morgan fingerprint density at radius 3 is 2.57 bits per heavy atom. The summed E-state index contributed by atoms with van der Waals surface area (Å²) in [6, 6.07) is 7.15. The van der Waals surface area contributed by atoms with Gasteiger partial charge in [0.05, 0.1) is 30.9 Å². The largest absolute Gasteiger partial charge is 0.378 e. The fraction of sp³-hybridized carbons (Fsp3) is 0.500. The van der Waals surface area contributed by atoms with Gasteiger partial charge in [0.1, 0.15) is 0 Å². The monoisotopic (exact) mass is 288 g/mol. The Balaban J connectivity index is 1.96. The number of ether oxygens (including phenoxy) is 1. The lowest BCUT2D eigenvalue weighted by molar-refractivity contribution is -0.124. The summed E-state index contributed by atoms with van der Waals surface area (Å²) in [7, 11) is 0. The Kier molecular flexibility index (Phi) is 3.68. The molecule has 5 nitrogen and oxygen atoms in total. The molecule has 3 amide bonds. The number of fused-ring (bicyclic) bond motifs is 1. The first-order valence-corrected chi connectivity index (χ1v) is 7.42. The highest BCUT2D eigenvalue weighted by Crippen LogP contribution is 2.31. The number of rotatable bonds is 3. The van der Waals surface area contributed by atoms with Crippen LogP contribution >= 0.6 is 0 Å². The molecule has 0 aliphatic carbocycles. The van der Waals surface area contributed by atoms with E-state index in [1.807, 2.05) is 38.1 Å². The zero-order chi connectivity index (χ0) is 15.0.